The Morgan fingerprint density at radius 3 is 2.50 bits per heavy atom. The van der Waals surface area contributed by atoms with E-state index in [-0.39, 0.29) is 51.4 Å². The molecule has 0 heterocycles. The zero-order valence-corrected chi connectivity index (χ0v) is 11.1. The predicted molar refractivity (Wildman–Crippen MR) is 37.2 cm³/mol. The number of hydrogen-bond donors (Lipinski definition) is 0. The summed E-state index contributed by atoms with van der Waals surface area (Å²) in [5.74, 6) is -1.01. The Hall–Kier alpha value is 1.59. The van der Waals surface area contributed by atoms with E-state index in [1.54, 1.807) is 0 Å². The second kappa shape index (κ2) is 8.68. The molecule has 0 aromatic rings. The first kappa shape index (κ1) is 14.1. The van der Waals surface area contributed by atoms with E-state index in [4.69, 9.17) is 0 Å². The number of unbranched alkanes of at least 4 members (excludes halogenated alkanes) is 1. The summed E-state index contributed by atoms with van der Waals surface area (Å²) >= 11 is 2.98. The summed E-state index contributed by atoms with van der Waals surface area (Å²) in [5, 5.41) is 10.0. The molecule has 0 N–H and O–H groups in total. The van der Waals surface area contributed by atoms with Crippen LogP contribution in [-0.2, 0) is 4.79 Å². The summed E-state index contributed by atoms with van der Waals surface area (Å²) in [6, 6.07) is 0. The Morgan fingerprint density at radius 2 is 2.20 bits per heavy atom. The second-order valence-electron chi connectivity index (χ2n) is 1.93. The second-order valence-corrected chi connectivity index (χ2v) is 3.03. The third-order valence-corrected chi connectivity index (χ3v) is 1.90. The topological polar surface area (TPSA) is 40.1 Å². The molecule has 1 unspecified atom stereocenters. The minimum absolute atomic E-state index is 0. The van der Waals surface area contributed by atoms with Gasteiger partial charge in [0, 0.05) is 0 Å². The zero-order valence-electron chi connectivity index (χ0n) is 6.39. The molecule has 4 heteroatoms. The van der Waals surface area contributed by atoms with Crippen LogP contribution >= 0.6 is 15.9 Å². The van der Waals surface area contributed by atoms with E-state index in [0.29, 0.717) is 6.42 Å². The summed E-state index contributed by atoms with van der Waals surface area (Å²) in [6.45, 7) is 2.02. The Morgan fingerprint density at radius 1 is 1.70 bits per heavy atom. The normalized spacial score (nSPS) is 11.8. The molecule has 1 atom stereocenters. The van der Waals surface area contributed by atoms with Gasteiger partial charge in [-0.3, -0.25) is 0 Å². The van der Waals surface area contributed by atoms with Crippen LogP contribution in [0.1, 0.15) is 26.2 Å². The van der Waals surface area contributed by atoms with E-state index in [9.17, 15) is 9.90 Å². The SMILES string of the molecule is CCCCC(Br)C(=O)[O-].[K+]. The molecule has 0 fully saturated rings. The van der Waals surface area contributed by atoms with Crippen molar-refractivity contribution < 1.29 is 61.3 Å². The van der Waals surface area contributed by atoms with Gasteiger partial charge in [-0.15, -0.1) is 0 Å². The van der Waals surface area contributed by atoms with E-state index in [0.717, 1.165) is 12.8 Å². The molecule has 0 saturated heterocycles. The largest absolute Gasteiger partial charge is 1.00 e. The third-order valence-electron chi connectivity index (χ3n) is 1.07. The van der Waals surface area contributed by atoms with Gasteiger partial charge in [0.05, 0.1) is 10.8 Å². The van der Waals surface area contributed by atoms with E-state index in [1.165, 1.54) is 0 Å². The summed E-state index contributed by atoms with van der Waals surface area (Å²) in [7, 11) is 0. The van der Waals surface area contributed by atoms with Crippen molar-refractivity contribution in [2.75, 3.05) is 0 Å². The first-order chi connectivity index (χ1) is 4.18. The Labute approximate surface area is 112 Å². The van der Waals surface area contributed by atoms with Gasteiger partial charge < -0.3 is 9.90 Å². The van der Waals surface area contributed by atoms with Gasteiger partial charge in [0.2, 0.25) is 0 Å². The molecule has 0 aliphatic carbocycles. The molecular formula is C6H10BrKO2. The van der Waals surface area contributed by atoms with Crippen molar-refractivity contribution in [3.05, 3.63) is 0 Å². The van der Waals surface area contributed by atoms with Crippen molar-refractivity contribution in [3.63, 3.8) is 0 Å². The van der Waals surface area contributed by atoms with E-state index in [2.05, 4.69) is 15.9 Å². The average Bonchev–Trinajstić information content (AvgIpc) is 1.82. The predicted octanol–water partition coefficient (Wildman–Crippen LogP) is -2.31. The maximum Gasteiger partial charge on any atom is 1.00 e. The summed E-state index contributed by atoms with van der Waals surface area (Å²) in [4.78, 5) is 9.59. The minimum Gasteiger partial charge on any atom is -0.549 e. The van der Waals surface area contributed by atoms with Crippen molar-refractivity contribution in [3.8, 4) is 0 Å². The number of alkyl halides is 1. The van der Waals surface area contributed by atoms with Gasteiger partial charge in [0.1, 0.15) is 0 Å². The van der Waals surface area contributed by atoms with Gasteiger partial charge in [-0.05, 0) is 6.42 Å². The first-order valence-electron chi connectivity index (χ1n) is 3.03. The fraction of sp³-hybridized carbons (Fsp3) is 0.833. The van der Waals surface area contributed by atoms with Crippen LogP contribution < -0.4 is 56.5 Å². The van der Waals surface area contributed by atoms with Gasteiger partial charge in [-0.1, -0.05) is 35.7 Å². The van der Waals surface area contributed by atoms with Crippen LogP contribution in [-0.4, -0.2) is 10.8 Å². The molecule has 0 bridgehead atoms. The van der Waals surface area contributed by atoms with Gasteiger partial charge in [-0.25, -0.2) is 0 Å². The fourth-order valence-electron chi connectivity index (χ4n) is 0.501. The molecule has 0 aliphatic rings. The maximum atomic E-state index is 10.0. The van der Waals surface area contributed by atoms with Crippen molar-refractivity contribution in [1.29, 1.82) is 0 Å². The molecule has 0 aromatic carbocycles. The summed E-state index contributed by atoms with van der Waals surface area (Å²) < 4.78 is 0. The van der Waals surface area contributed by atoms with E-state index >= 15 is 0 Å². The molecule has 0 aliphatic heterocycles. The molecule has 0 rings (SSSR count). The van der Waals surface area contributed by atoms with Crippen LogP contribution in [0, 0.1) is 0 Å². The van der Waals surface area contributed by atoms with Crippen LogP contribution in [0.4, 0.5) is 0 Å². The third kappa shape index (κ3) is 7.69. The average molecular weight is 233 g/mol. The minimum atomic E-state index is -1.01. The summed E-state index contributed by atoms with van der Waals surface area (Å²) in [5.41, 5.74) is 0. The van der Waals surface area contributed by atoms with Crippen molar-refractivity contribution in [2.45, 2.75) is 31.0 Å². The van der Waals surface area contributed by atoms with Gasteiger partial charge in [-0.2, -0.15) is 0 Å². The first-order valence-corrected chi connectivity index (χ1v) is 3.95. The standard InChI is InChI=1S/C6H11BrO2.K/c1-2-3-4-5(7)6(8)9;/h5H,2-4H2,1H3,(H,8,9);/q;+1/p-1. The zero-order chi connectivity index (χ0) is 7.28. The van der Waals surface area contributed by atoms with Crippen molar-refractivity contribution in [1.82, 2.24) is 0 Å². The number of carbonyl (C=O) groups is 1. The molecule has 0 saturated carbocycles. The Bertz CT molecular complexity index is 97.7. The van der Waals surface area contributed by atoms with Gasteiger partial charge in [0.15, 0.2) is 0 Å². The number of aliphatic carboxylic acids is 1. The van der Waals surface area contributed by atoms with Crippen LogP contribution in [0.2, 0.25) is 0 Å². The van der Waals surface area contributed by atoms with Crippen LogP contribution in [0.15, 0.2) is 0 Å². The molecular weight excluding hydrogens is 223 g/mol. The number of carbonyl (C=O) groups excluding carboxylic acids is 1. The number of carboxylic acid groups (broad SMARTS) is 1. The van der Waals surface area contributed by atoms with E-state index < -0.39 is 10.8 Å². The fourth-order valence-corrected chi connectivity index (χ4v) is 0.825. The number of hydrogen-bond acceptors (Lipinski definition) is 2. The monoisotopic (exact) mass is 232 g/mol. The van der Waals surface area contributed by atoms with Gasteiger partial charge >= 0.3 is 51.4 Å². The Kier molecular flexibility index (Phi) is 12.3. The molecule has 2 nitrogen and oxygen atoms in total. The number of rotatable bonds is 4. The van der Waals surface area contributed by atoms with Crippen molar-refractivity contribution >= 4 is 21.9 Å². The van der Waals surface area contributed by atoms with Crippen LogP contribution in [0.3, 0.4) is 0 Å². The molecule has 0 radical (unpaired) electrons. The Balaban J connectivity index is 0. The van der Waals surface area contributed by atoms with Crippen molar-refractivity contribution in [2.24, 2.45) is 0 Å². The quantitative estimate of drug-likeness (QED) is 0.404. The molecule has 10 heavy (non-hydrogen) atoms. The molecule has 0 aromatic heterocycles. The molecule has 0 amide bonds. The van der Waals surface area contributed by atoms with Crippen LogP contribution in [0.25, 0.3) is 0 Å². The maximum absolute atomic E-state index is 10.0. The van der Waals surface area contributed by atoms with Crippen LogP contribution in [0.5, 0.6) is 0 Å². The smallest absolute Gasteiger partial charge is 0.549 e. The molecule has 0 spiro atoms. The van der Waals surface area contributed by atoms with Gasteiger partial charge in [0.25, 0.3) is 0 Å². The molecule has 54 valence electrons. The number of halogens is 1. The number of carboxylic acids is 1. The van der Waals surface area contributed by atoms with E-state index in [1.807, 2.05) is 6.92 Å². The summed E-state index contributed by atoms with van der Waals surface area (Å²) in [6.07, 6.45) is 2.62.